The number of aliphatic carboxylic acids is 1. The van der Waals surface area contributed by atoms with Crippen LogP contribution in [0.1, 0.15) is 51.8 Å². The van der Waals surface area contributed by atoms with Crippen LogP contribution in [0, 0.1) is 5.41 Å². The molecule has 2 heterocycles. The molecule has 0 aromatic heterocycles. The van der Waals surface area contributed by atoms with E-state index < -0.39 is 39.2 Å². The van der Waals surface area contributed by atoms with Crippen molar-refractivity contribution in [2.75, 3.05) is 13.2 Å². The summed E-state index contributed by atoms with van der Waals surface area (Å²) >= 11 is 1.56. The van der Waals surface area contributed by atoms with Crippen molar-refractivity contribution in [1.82, 2.24) is 5.32 Å². The number of thioether (sulfide) groups is 1. The summed E-state index contributed by atoms with van der Waals surface area (Å²) in [6, 6.07) is 8.50. The van der Waals surface area contributed by atoms with Crippen LogP contribution in [0.25, 0.3) is 0 Å². The number of carboxylic acids is 1. The van der Waals surface area contributed by atoms with Crippen molar-refractivity contribution < 1.29 is 24.2 Å². The second-order valence-electron chi connectivity index (χ2n) is 8.77. The second-order valence-corrected chi connectivity index (χ2v) is 10.5. The normalized spacial score (nSPS) is 26.6. The fraction of sp³-hybridized carbons (Fsp3) is 0.619. The number of carbonyl (C=O) groups is 2. The Bertz CT molecular complexity index is 752. The number of ether oxygens (including phenoxy) is 2. The molecule has 1 aromatic carbocycles. The van der Waals surface area contributed by atoms with Crippen molar-refractivity contribution in [3.63, 3.8) is 0 Å². The van der Waals surface area contributed by atoms with Gasteiger partial charge in [-0.3, -0.25) is 20.6 Å². The number of hydrogen-bond donors (Lipinski definition) is 3. The number of benzene rings is 1. The highest BCUT2D eigenvalue weighted by Gasteiger charge is 2.62. The summed E-state index contributed by atoms with van der Waals surface area (Å²) < 4.78 is 10.7. The molecular formula is C21H31ClN2O5S. The number of nitrogens with two attached hydrogens (primary N) is 1. The molecule has 168 valence electrons. The summed E-state index contributed by atoms with van der Waals surface area (Å²) in [6.45, 7) is 7.03. The van der Waals surface area contributed by atoms with Crippen LogP contribution in [0.5, 0.6) is 0 Å². The van der Waals surface area contributed by atoms with E-state index in [0.717, 1.165) is 0 Å². The molecule has 2 saturated heterocycles. The first-order valence-electron chi connectivity index (χ1n) is 9.87. The quantitative estimate of drug-likeness (QED) is 0.456. The van der Waals surface area contributed by atoms with Gasteiger partial charge in [0.2, 0.25) is 0 Å². The van der Waals surface area contributed by atoms with Gasteiger partial charge >= 0.3 is 11.9 Å². The van der Waals surface area contributed by atoms with Gasteiger partial charge < -0.3 is 14.6 Å². The molecule has 4 N–H and O–H groups in total. The Balaban J connectivity index is 0.00000320. The third-order valence-electron chi connectivity index (χ3n) is 5.84. The fourth-order valence-electron chi connectivity index (χ4n) is 4.02. The predicted octanol–water partition coefficient (Wildman–Crippen LogP) is 3.08. The standard InChI is InChI=1S/C21H30N2O5S.ClH/c1-19(2,3)21(13-15(24)25)23-16(20(29-21)9-11-27-12-10-20)18(26)28-17(22)14-7-5-4-6-8-14;/h4-8,16-17,23H,9-13,22H2,1-3H3,(H,24,25);1H. The van der Waals surface area contributed by atoms with Gasteiger partial charge in [0.25, 0.3) is 0 Å². The molecule has 2 aliphatic heterocycles. The number of rotatable bonds is 5. The van der Waals surface area contributed by atoms with Crippen LogP contribution in [0.3, 0.4) is 0 Å². The van der Waals surface area contributed by atoms with Gasteiger partial charge in [0.15, 0.2) is 6.23 Å². The summed E-state index contributed by atoms with van der Waals surface area (Å²) in [7, 11) is 0. The van der Waals surface area contributed by atoms with E-state index in [1.807, 2.05) is 51.1 Å². The van der Waals surface area contributed by atoms with Crippen molar-refractivity contribution >= 4 is 36.1 Å². The van der Waals surface area contributed by atoms with E-state index in [1.165, 1.54) is 0 Å². The maximum absolute atomic E-state index is 13.2. The number of nitrogens with one attached hydrogen (secondary N) is 1. The van der Waals surface area contributed by atoms with Crippen LogP contribution < -0.4 is 11.1 Å². The van der Waals surface area contributed by atoms with Gasteiger partial charge in [-0.05, 0) is 18.3 Å². The molecule has 30 heavy (non-hydrogen) atoms. The van der Waals surface area contributed by atoms with E-state index >= 15 is 0 Å². The lowest BCUT2D eigenvalue weighted by molar-refractivity contribution is -0.154. The van der Waals surface area contributed by atoms with Crippen molar-refractivity contribution in [3.8, 4) is 0 Å². The molecule has 2 fully saturated rings. The summed E-state index contributed by atoms with van der Waals surface area (Å²) in [5, 5.41) is 13.0. The molecule has 1 aromatic rings. The molecule has 9 heteroatoms. The average molecular weight is 459 g/mol. The van der Waals surface area contributed by atoms with Crippen LogP contribution in [-0.2, 0) is 19.1 Å². The Labute approximate surface area is 187 Å². The van der Waals surface area contributed by atoms with Crippen molar-refractivity contribution in [2.45, 2.75) is 61.9 Å². The number of halogens is 1. The highest BCUT2D eigenvalue weighted by atomic mass is 35.5. The summed E-state index contributed by atoms with van der Waals surface area (Å²) in [5.41, 5.74) is 6.42. The van der Waals surface area contributed by atoms with Crippen LogP contribution in [-0.4, -0.2) is 45.9 Å². The van der Waals surface area contributed by atoms with Crippen molar-refractivity contribution in [1.29, 1.82) is 0 Å². The lowest BCUT2D eigenvalue weighted by Gasteiger charge is -2.42. The van der Waals surface area contributed by atoms with Crippen molar-refractivity contribution in [2.24, 2.45) is 11.1 Å². The Morgan fingerprint density at radius 2 is 1.90 bits per heavy atom. The summed E-state index contributed by atoms with van der Waals surface area (Å²) in [6.07, 6.45) is 0.305. The molecular weight excluding hydrogens is 428 g/mol. The van der Waals surface area contributed by atoms with Crippen LogP contribution in [0.4, 0.5) is 0 Å². The maximum Gasteiger partial charge on any atom is 0.326 e. The molecule has 1 spiro atoms. The minimum atomic E-state index is -0.905. The number of carbonyl (C=O) groups excluding carboxylic acids is 1. The minimum Gasteiger partial charge on any atom is -0.481 e. The lowest BCUT2D eigenvalue weighted by atomic mass is 9.82. The SMILES string of the molecule is CC(C)(C)C1(CC(=O)O)NC(C(=O)OC(N)c2ccccc2)C2(CCOCC2)S1.Cl. The molecule has 3 rings (SSSR count). The molecule has 0 saturated carbocycles. The first-order valence-corrected chi connectivity index (χ1v) is 10.7. The highest BCUT2D eigenvalue weighted by Crippen LogP contribution is 2.58. The Morgan fingerprint density at radius 1 is 1.30 bits per heavy atom. The first-order chi connectivity index (χ1) is 13.6. The van der Waals surface area contributed by atoms with E-state index in [4.69, 9.17) is 15.2 Å². The van der Waals surface area contributed by atoms with Gasteiger partial charge in [-0.25, -0.2) is 0 Å². The van der Waals surface area contributed by atoms with Gasteiger partial charge in [-0.15, -0.1) is 24.2 Å². The van der Waals surface area contributed by atoms with Gasteiger partial charge in [0.05, 0.1) is 11.3 Å². The zero-order chi connectivity index (χ0) is 21.3. The van der Waals surface area contributed by atoms with Gasteiger partial charge in [-0.1, -0.05) is 51.1 Å². The first kappa shape index (κ1) is 24.9. The number of carboxylic acid groups (broad SMARTS) is 1. The molecule has 0 aliphatic carbocycles. The van der Waals surface area contributed by atoms with E-state index in [2.05, 4.69) is 5.32 Å². The van der Waals surface area contributed by atoms with Crippen molar-refractivity contribution in [3.05, 3.63) is 35.9 Å². The topological polar surface area (TPSA) is 111 Å². The van der Waals surface area contributed by atoms with E-state index in [0.29, 0.717) is 31.6 Å². The zero-order valence-corrected chi connectivity index (χ0v) is 19.2. The zero-order valence-electron chi connectivity index (χ0n) is 17.6. The number of esters is 1. The molecule has 0 bridgehead atoms. The largest absolute Gasteiger partial charge is 0.481 e. The monoisotopic (exact) mass is 458 g/mol. The number of hydrogen-bond acceptors (Lipinski definition) is 7. The Kier molecular flexibility index (Phi) is 7.85. The fourth-order valence-corrected chi connectivity index (χ4v) is 6.04. The molecule has 3 atom stereocenters. The van der Waals surface area contributed by atoms with Crippen LogP contribution >= 0.6 is 24.2 Å². The average Bonchev–Trinajstić information content (AvgIpc) is 2.97. The van der Waals surface area contributed by atoms with Crippen LogP contribution in [0.2, 0.25) is 0 Å². The maximum atomic E-state index is 13.2. The summed E-state index contributed by atoms with van der Waals surface area (Å²) in [4.78, 5) is 24.1. The predicted molar refractivity (Wildman–Crippen MR) is 118 cm³/mol. The molecule has 3 unspecified atom stereocenters. The lowest BCUT2D eigenvalue weighted by Crippen LogP contribution is -2.56. The third kappa shape index (κ3) is 4.94. The molecule has 0 radical (unpaired) electrons. The van der Waals surface area contributed by atoms with E-state index in [9.17, 15) is 14.7 Å². The molecule has 7 nitrogen and oxygen atoms in total. The minimum absolute atomic E-state index is 0. The van der Waals surface area contributed by atoms with Gasteiger partial charge in [-0.2, -0.15) is 0 Å². The Hall–Kier alpha value is -1.32. The third-order valence-corrected chi connectivity index (χ3v) is 8.11. The molecule has 2 aliphatic rings. The molecule has 0 amide bonds. The van der Waals surface area contributed by atoms with Gasteiger partial charge in [0, 0.05) is 23.5 Å². The highest BCUT2D eigenvalue weighted by molar-refractivity contribution is 8.02. The van der Waals surface area contributed by atoms with Gasteiger partial charge in [0.1, 0.15) is 6.04 Å². The van der Waals surface area contributed by atoms with E-state index in [1.54, 1.807) is 11.8 Å². The second kappa shape index (κ2) is 9.44. The van der Waals surface area contributed by atoms with E-state index in [-0.39, 0.29) is 18.8 Å². The van der Waals surface area contributed by atoms with Crippen LogP contribution in [0.15, 0.2) is 30.3 Å². The Morgan fingerprint density at radius 3 is 2.43 bits per heavy atom. The summed E-state index contributed by atoms with van der Waals surface area (Å²) in [5.74, 6) is -1.36. The smallest absolute Gasteiger partial charge is 0.326 e.